The van der Waals surface area contributed by atoms with Gasteiger partial charge in [-0.05, 0) is 12.5 Å². The standard InChI is InChI=1S/C14H14N4O.ClH/c1-10-12(15)18-8-7-16-14(13(18)17-10)19-9-11-5-3-2-4-6-11;/h2-8H,9,15H2,1H3;1H. The molecule has 0 radical (unpaired) electrons. The van der Waals surface area contributed by atoms with Crippen molar-refractivity contribution in [3.63, 3.8) is 0 Å². The third-order valence-electron chi connectivity index (χ3n) is 2.95. The van der Waals surface area contributed by atoms with Gasteiger partial charge >= 0.3 is 0 Å². The van der Waals surface area contributed by atoms with E-state index < -0.39 is 0 Å². The number of imidazole rings is 1. The number of rotatable bonds is 3. The highest BCUT2D eigenvalue weighted by Crippen LogP contribution is 2.21. The van der Waals surface area contributed by atoms with Gasteiger partial charge in [0, 0.05) is 12.4 Å². The van der Waals surface area contributed by atoms with E-state index in [1.807, 2.05) is 37.3 Å². The molecule has 0 fully saturated rings. The molecule has 0 saturated heterocycles. The molecular weight excluding hydrogens is 276 g/mol. The molecule has 2 N–H and O–H groups in total. The predicted molar refractivity (Wildman–Crippen MR) is 80.2 cm³/mol. The molecule has 3 rings (SSSR count). The molecule has 3 aromatic rings. The Bertz CT molecular complexity index is 712. The quantitative estimate of drug-likeness (QED) is 0.805. The fraction of sp³-hybridized carbons (Fsp3) is 0.143. The number of nitrogen functional groups attached to an aromatic ring is 1. The third-order valence-corrected chi connectivity index (χ3v) is 2.95. The maximum absolute atomic E-state index is 5.93. The smallest absolute Gasteiger partial charge is 0.258 e. The average molecular weight is 291 g/mol. The van der Waals surface area contributed by atoms with Crippen LogP contribution in [0.25, 0.3) is 5.65 Å². The molecule has 0 amide bonds. The number of ether oxygens (including phenoxy) is 1. The Balaban J connectivity index is 0.00000147. The number of hydrogen-bond acceptors (Lipinski definition) is 4. The predicted octanol–water partition coefficient (Wildman–Crippen LogP) is 2.62. The van der Waals surface area contributed by atoms with Gasteiger partial charge in [-0.1, -0.05) is 30.3 Å². The van der Waals surface area contributed by atoms with E-state index in [0.29, 0.717) is 24.0 Å². The number of fused-ring (bicyclic) bond motifs is 1. The van der Waals surface area contributed by atoms with Crippen LogP contribution in [-0.2, 0) is 6.61 Å². The molecule has 2 heterocycles. The first kappa shape index (κ1) is 14.1. The Morgan fingerprint density at radius 2 is 2.00 bits per heavy atom. The van der Waals surface area contributed by atoms with E-state index in [1.54, 1.807) is 16.8 Å². The summed E-state index contributed by atoms with van der Waals surface area (Å²) in [5.41, 5.74) is 8.44. The highest BCUT2D eigenvalue weighted by Gasteiger charge is 2.11. The molecule has 0 aliphatic carbocycles. The van der Waals surface area contributed by atoms with Crippen molar-refractivity contribution in [3.8, 4) is 5.88 Å². The molecule has 0 spiro atoms. The molecule has 0 bridgehead atoms. The van der Waals surface area contributed by atoms with Crippen molar-refractivity contribution in [1.82, 2.24) is 14.4 Å². The van der Waals surface area contributed by atoms with Crippen LogP contribution < -0.4 is 10.5 Å². The Kier molecular flexibility index (Phi) is 4.10. The van der Waals surface area contributed by atoms with Crippen molar-refractivity contribution in [2.24, 2.45) is 0 Å². The minimum atomic E-state index is 0. The van der Waals surface area contributed by atoms with Crippen LogP contribution in [0.15, 0.2) is 42.7 Å². The van der Waals surface area contributed by atoms with Gasteiger partial charge in [-0.15, -0.1) is 12.4 Å². The van der Waals surface area contributed by atoms with Crippen molar-refractivity contribution in [2.45, 2.75) is 13.5 Å². The fourth-order valence-corrected chi connectivity index (χ4v) is 1.91. The van der Waals surface area contributed by atoms with Crippen molar-refractivity contribution >= 4 is 23.9 Å². The number of aromatic nitrogens is 3. The summed E-state index contributed by atoms with van der Waals surface area (Å²) in [4.78, 5) is 8.59. The van der Waals surface area contributed by atoms with Crippen LogP contribution in [0.2, 0.25) is 0 Å². The van der Waals surface area contributed by atoms with Gasteiger partial charge in [0.05, 0.1) is 5.69 Å². The highest BCUT2D eigenvalue weighted by molar-refractivity contribution is 5.85. The van der Waals surface area contributed by atoms with Crippen LogP contribution >= 0.6 is 12.4 Å². The van der Waals surface area contributed by atoms with E-state index in [4.69, 9.17) is 10.5 Å². The Morgan fingerprint density at radius 3 is 2.75 bits per heavy atom. The zero-order valence-electron chi connectivity index (χ0n) is 11.0. The number of nitrogens with two attached hydrogens (primary N) is 1. The minimum Gasteiger partial charge on any atom is -0.470 e. The second-order valence-corrected chi connectivity index (χ2v) is 4.28. The van der Waals surface area contributed by atoms with Gasteiger partial charge in [0.1, 0.15) is 12.4 Å². The van der Waals surface area contributed by atoms with Gasteiger partial charge < -0.3 is 10.5 Å². The lowest BCUT2D eigenvalue weighted by Gasteiger charge is -2.06. The number of hydrogen-bond donors (Lipinski definition) is 1. The lowest BCUT2D eigenvalue weighted by atomic mass is 10.2. The fourth-order valence-electron chi connectivity index (χ4n) is 1.91. The summed E-state index contributed by atoms with van der Waals surface area (Å²) in [7, 11) is 0. The summed E-state index contributed by atoms with van der Waals surface area (Å²) in [5.74, 6) is 1.10. The summed E-state index contributed by atoms with van der Waals surface area (Å²) in [5, 5.41) is 0. The molecule has 0 unspecified atom stereocenters. The van der Waals surface area contributed by atoms with Crippen LogP contribution in [0.4, 0.5) is 5.82 Å². The molecule has 0 saturated carbocycles. The molecular formula is C14H15ClN4O. The summed E-state index contributed by atoms with van der Waals surface area (Å²) < 4.78 is 7.50. The first-order valence-electron chi connectivity index (χ1n) is 6.01. The summed E-state index contributed by atoms with van der Waals surface area (Å²) >= 11 is 0. The molecule has 6 heteroatoms. The van der Waals surface area contributed by atoms with Gasteiger partial charge in [-0.25, -0.2) is 9.97 Å². The number of aryl methyl sites for hydroxylation is 1. The first-order chi connectivity index (χ1) is 9.25. The zero-order valence-corrected chi connectivity index (χ0v) is 11.8. The monoisotopic (exact) mass is 290 g/mol. The topological polar surface area (TPSA) is 65.4 Å². The number of anilines is 1. The van der Waals surface area contributed by atoms with Crippen molar-refractivity contribution < 1.29 is 4.74 Å². The molecule has 20 heavy (non-hydrogen) atoms. The van der Waals surface area contributed by atoms with E-state index in [-0.39, 0.29) is 12.4 Å². The molecule has 0 aliphatic heterocycles. The van der Waals surface area contributed by atoms with Crippen LogP contribution in [0.5, 0.6) is 5.88 Å². The summed E-state index contributed by atoms with van der Waals surface area (Å²) in [6.07, 6.45) is 3.44. The first-order valence-corrected chi connectivity index (χ1v) is 6.01. The highest BCUT2D eigenvalue weighted by atomic mass is 35.5. The van der Waals surface area contributed by atoms with Crippen molar-refractivity contribution in [3.05, 3.63) is 54.0 Å². The van der Waals surface area contributed by atoms with E-state index in [2.05, 4.69) is 9.97 Å². The molecule has 0 atom stereocenters. The second kappa shape index (κ2) is 5.79. The second-order valence-electron chi connectivity index (χ2n) is 4.28. The SMILES string of the molecule is Cc1nc2c(OCc3ccccc3)nccn2c1N.Cl. The minimum absolute atomic E-state index is 0. The van der Waals surface area contributed by atoms with E-state index in [9.17, 15) is 0 Å². The molecule has 2 aromatic heterocycles. The molecule has 1 aromatic carbocycles. The van der Waals surface area contributed by atoms with Crippen LogP contribution in [0, 0.1) is 6.92 Å². The maximum atomic E-state index is 5.93. The molecule has 5 nitrogen and oxygen atoms in total. The van der Waals surface area contributed by atoms with Crippen LogP contribution in [-0.4, -0.2) is 14.4 Å². The lowest BCUT2D eigenvalue weighted by Crippen LogP contribution is -2.00. The average Bonchev–Trinajstić information content (AvgIpc) is 2.74. The molecule has 0 aliphatic rings. The summed E-state index contributed by atoms with van der Waals surface area (Å²) in [6.45, 7) is 2.32. The van der Waals surface area contributed by atoms with E-state index in [1.165, 1.54) is 0 Å². The largest absolute Gasteiger partial charge is 0.470 e. The van der Waals surface area contributed by atoms with Gasteiger partial charge in [0.15, 0.2) is 0 Å². The Morgan fingerprint density at radius 1 is 1.25 bits per heavy atom. The normalized spacial score (nSPS) is 10.2. The number of nitrogens with zero attached hydrogens (tertiary/aromatic N) is 3. The Labute approximate surface area is 122 Å². The Hall–Kier alpha value is -2.27. The van der Waals surface area contributed by atoms with E-state index >= 15 is 0 Å². The van der Waals surface area contributed by atoms with Gasteiger partial charge in [-0.2, -0.15) is 0 Å². The third kappa shape index (κ3) is 2.53. The van der Waals surface area contributed by atoms with Crippen molar-refractivity contribution in [1.29, 1.82) is 0 Å². The van der Waals surface area contributed by atoms with Gasteiger partial charge in [0.25, 0.3) is 5.88 Å². The maximum Gasteiger partial charge on any atom is 0.258 e. The summed E-state index contributed by atoms with van der Waals surface area (Å²) in [6, 6.07) is 9.94. The van der Waals surface area contributed by atoms with E-state index in [0.717, 1.165) is 11.3 Å². The molecule has 104 valence electrons. The zero-order chi connectivity index (χ0) is 13.2. The number of benzene rings is 1. The number of halogens is 1. The van der Waals surface area contributed by atoms with Crippen LogP contribution in [0.1, 0.15) is 11.3 Å². The van der Waals surface area contributed by atoms with Gasteiger partial charge in [0.2, 0.25) is 5.65 Å². The van der Waals surface area contributed by atoms with Crippen molar-refractivity contribution in [2.75, 3.05) is 5.73 Å². The van der Waals surface area contributed by atoms with Crippen LogP contribution in [0.3, 0.4) is 0 Å². The van der Waals surface area contributed by atoms with Gasteiger partial charge in [-0.3, -0.25) is 4.40 Å². The lowest BCUT2D eigenvalue weighted by molar-refractivity contribution is 0.296.